The van der Waals surface area contributed by atoms with Crippen LogP contribution in [-0.2, 0) is 0 Å². The van der Waals surface area contributed by atoms with Gasteiger partial charge in [-0.05, 0) is 62.9 Å². The average molecular weight is 342 g/mol. The molecule has 0 radical (unpaired) electrons. The minimum atomic E-state index is 0.492. The molecule has 1 N–H and O–H groups in total. The third-order valence-electron chi connectivity index (χ3n) is 4.81. The number of aryl methyl sites for hydroxylation is 1. The van der Waals surface area contributed by atoms with E-state index in [9.17, 15) is 0 Å². The third-order valence-corrected chi connectivity index (χ3v) is 5.75. The summed E-state index contributed by atoms with van der Waals surface area (Å²) in [6.07, 6.45) is 2.50. The minimum Gasteiger partial charge on any atom is -0.368 e. The number of hydrogen-bond acceptors (Lipinski definition) is 6. The van der Waals surface area contributed by atoms with E-state index in [2.05, 4.69) is 50.1 Å². The van der Waals surface area contributed by atoms with E-state index < -0.39 is 0 Å². The smallest absolute Gasteiger partial charge is 0.178 e. The second kappa shape index (κ2) is 6.49. The lowest BCUT2D eigenvalue weighted by atomic mass is 9.88. The molecular weight excluding hydrogens is 320 g/mol. The Morgan fingerprint density at radius 1 is 1.29 bits per heavy atom. The molecule has 1 aliphatic heterocycles. The zero-order valence-corrected chi connectivity index (χ0v) is 14.8. The number of hydrogen-bond donors (Lipinski definition) is 1. The van der Waals surface area contributed by atoms with Gasteiger partial charge in [-0.2, -0.15) is 4.52 Å². The number of nitrogens with zero attached hydrogens (tertiary/aromatic N) is 5. The van der Waals surface area contributed by atoms with Crippen LogP contribution in [0.15, 0.2) is 29.6 Å². The van der Waals surface area contributed by atoms with Gasteiger partial charge in [-0.1, -0.05) is 6.07 Å². The summed E-state index contributed by atoms with van der Waals surface area (Å²) in [6.45, 7) is 4.01. The first kappa shape index (κ1) is 15.5. The van der Waals surface area contributed by atoms with Crippen molar-refractivity contribution < 1.29 is 0 Å². The maximum atomic E-state index is 4.60. The molecule has 0 unspecified atom stereocenters. The number of thiophene rings is 1. The molecule has 0 saturated carbocycles. The average Bonchev–Trinajstić information content (AvgIpc) is 3.23. The lowest BCUT2D eigenvalue weighted by Crippen LogP contribution is -2.38. The van der Waals surface area contributed by atoms with Gasteiger partial charge in [0.2, 0.25) is 0 Å². The van der Waals surface area contributed by atoms with E-state index in [1.54, 1.807) is 4.52 Å². The lowest BCUT2D eigenvalue weighted by Gasteiger charge is -2.39. The van der Waals surface area contributed by atoms with Crippen molar-refractivity contribution in [1.29, 1.82) is 0 Å². The van der Waals surface area contributed by atoms with Gasteiger partial charge >= 0.3 is 0 Å². The van der Waals surface area contributed by atoms with E-state index in [0.29, 0.717) is 12.0 Å². The van der Waals surface area contributed by atoms with Crippen molar-refractivity contribution in [3.8, 4) is 0 Å². The molecule has 3 aromatic rings. The third kappa shape index (κ3) is 2.89. The number of fused-ring (bicyclic) bond motifs is 1. The lowest BCUT2D eigenvalue weighted by molar-refractivity contribution is 0.130. The Bertz CT molecular complexity index is 812. The number of nitrogens with one attached hydrogen (secondary N) is 1. The van der Waals surface area contributed by atoms with Gasteiger partial charge in [-0.3, -0.25) is 4.90 Å². The molecule has 24 heavy (non-hydrogen) atoms. The van der Waals surface area contributed by atoms with Gasteiger partial charge in [0, 0.05) is 17.5 Å². The summed E-state index contributed by atoms with van der Waals surface area (Å²) >= 11 is 1.86. The van der Waals surface area contributed by atoms with Crippen LogP contribution in [0.25, 0.3) is 5.65 Å². The zero-order chi connectivity index (χ0) is 16.5. The predicted molar refractivity (Wildman–Crippen MR) is 96.4 cm³/mol. The number of rotatable bonds is 4. The van der Waals surface area contributed by atoms with Crippen LogP contribution in [0.4, 0.5) is 5.82 Å². The standard InChI is InChI=1S/C17H22N6S/c1-12-19-20-16-8-7-15(21-23(12)16)18-11-13-5-3-9-22(2)17(13)14-6-4-10-24-14/h4,6-8,10,13,17H,3,5,9,11H2,1-2H3,(H,18,21)/t13-,17-/m0/s1. The van der Waals surface area contributed by atoms with Crippen LogP contribution < -0.4 is 5.32 Å². The first-order valence-corrected chi connectivity index (χ1v) is 9.27. The van der Waals surface area contributed by atoms with Crippen molar-refractivity contribution >= 4 is 22.8 Å². The quantitative estimate of drug-likeness (QED) is 0.790. The highest BCUT2D eigenvalue weighted by Crippen LogP contribution is 2.37. The minimum absolute atomic E-state index is 0.492. The first-order chi connectivity index (χ1) is 11.7. The number of aromatic nitrogens is 4. The van der Waals surface area contributed by atoms with Crippen LogP contribution in [0, 0.1) is 12.8 Å². The van der Waals surface area contributed by atoms with Crippen molar-refractivity contribution in [3.05, 3.63) is 40.3 Å². The van der Waals surface area contributed by atoms with E-state index in [1.807, 2.05) is 30.4 Å². The van der Waals surface area contributed by atoms with E-state index >= 15 is 0 Å². The Hall–Kier alpha value is -1.99. The number of piperidine rings is 1. The Kier molecular flexibility index (Phi) is 4.20. The maximum absolute atomic E-state index is 4.60. The molecule has 0 aliphatic carbocycles. The molecule has 4 heterocycles. The Morgan fingerprint density at radius 2 is 2.21 bits per heavy atom. The van der Waals surface area contributed by atoms with Crippen LogP contribution >= 0.6 is 11.3 Å². The van der Waals surface area contributed by atoms with Crippen molar-refractivity contribution in [2.24, 2.45) is 5.92 Å². The molecule has 0 spiro atoms. The highest BCUT2D eigenvalue weighted by atomic mass is 32.1. The van der Waals surface area contributed by atoms with Gasteiger partial charge in [0.1, 0.15) is 5.82 Å². The first-order valence-electron chi connectivity index (χ1n) is 8.39. The van der Waals surface area contributed by atoms with Gasteiger partial charge in [-0.15, -0.1) is 26.6 Å². The number of anilines is 1. The summed E-state index contributed by atoms with van der Waals surface area (Å²) in [5, 5.41) is 18.4. The van der Waals surface area contributed by atoms with Crippen molar-refractivity contribution in [3.63, 3.8) is 0 Å². The molecular formula is C17H22N6S. The van der Waals surface area contributed by atoms with Gasteiger partial charge < -0.3 is 5.32 Å². The molecule has 126 valence electrons. The van der Waals surface area contributed by atoms with Crippen LogP contribution in [0.2, 0.25) is 0 Å². The molecule has 2 atom stereocenters. The fourth-order valence-corrected chi connectivity index (χ4v) is 4.59. The molecule has 6 nitrogen and oxygen atoms in total. The summed E-state index contributed by atoms with van der Waals surface area (Å²) in [5.74, 6) is 2.27. The largest absolute Gasteiger partial charge is 0.368 e. The second-order valence-electron chi connectivity index (χ2n) is 6.46. The topological polar surface area (TPSA) is 58.4 Å². The summed E-state index contributed by atoms with van der Waals surface area (Å²) in [7, 11) is 2.24. The molecule has 0 aromatic carbocycles. The van der Waals surface area contributed by atoms with Crippen molar-refractivity contribution in [2.75, 3.05) is 25.5 Å². The molecule has 1 fully saturated rings. The van der Waals surface area contributed by atoms with Gasteiger partial charge in [0.05, 0.1) is 0 Å². The zero-order valence-electron chi connectivity index (χ0n) is 14.0. The second-order valence-corrected chi connectivity index (χ2v) is 7.44. The fraction of sp³-hybridized carbons (Fsp3) is 0.471. The molecule has 0 bridgehead atoms. The Balaban J connectivity index is 1.51. The van der Waals surface area contributed by atoms with Crippen molar-refractivity contribution in [2.45, 2.75) is 25.8 Å². The van der Waals surface area contributed by atoms with Gasteiger partial charge in [0.15, 0.2) is 11.5 Å². The summed E-state index contributed by atoms with van der Waals surface area (Å²) in [5.41, 5.74) is 0.784. The van der Waals surface area contributed by atoms with E-state index in [1.165, 1.54) is 24.3 Å². The molecule has 4 rings (SSSR count). The highest BCUT2D eigenvalue weighted by molar-refractivity contribution is 7.10. The normalized spacial score (nSPS) is 22.1. The van der Waals surface area contributed by atoms with Crippen LogP contribution in [0.5, 0.6) is 0 Å². The van der Waals surface area contributed by atoms with Crippen molar-refractivity contribution in [1.82, 2.24) is 24.7 Å². The molecule has 0 amide bonds. The van der Waals surface area contributed by atoms with Crippen LogP contribution in [0.1, 0.15) is 29.6 Å². The molecule has 1 saturated heterocycles. The molecule has 7 heteroatoms. The molecule has 1 aliphatic rings. The number of likely N-dealkylation sites (tertiary alicyclic amines) is 1. The highest BCUT2D eigenvalue weighted by Gasteiger charge is 2.31. The summed E-state index contributed by atoms with van der Waals surface area (Å²) in [6, 6.07) is 8.84. The molecule has 3 aromatic heterocycles. The van der Waals surface area contributed by atoms with Crippen LogP contribution in [0.3, 0.4) is 0 Å². The SMILES string of the molecule is Cc1nnc2ccc(NC[C@@H]3CCCN(C)[C@@H]3c3cccs3)nn12. The van der Waals surface area contributed by atoms with Crippen LogP contribution in [-0.4, -0.2) is 44.8 Å². The predicted octanol–water partition coefficient (Wildman–Crippen LogP) is 2.99. The maximum Gasteiger partial charge on any atom is 0.178 e. The van der Waals surface area contributed by atoms with E-state index in [0.717, 1.165) is 23.8 Å². The monoisotopic (exact) mass is 342 g/mol. The van der Waals surface area contributed by atoms with E-state index in [-0.39, 0.29) is 0 Å². The van der Waals surface area contributed by atoms with Gasteiger partial charge in [0.25, 0.3) is 0 Å². The Labute approximate surface area is 145 Å². The fourth-order valence-electron chi connectivity index (χ4n) is 3.61. The summed E-state index contributed by atoms with van der Waals surface area (Å²) < 4.78 is 1.78. The van der Waals surface area contributed by atoms with E-state index in [4.69, 9.17) is 0 Å². The van der Waals surface area contributed by atoms with Gasteiger partial charge in [-0.25, -0.2) is 0 Å². The Morgan fingerprint density at radius 3 is 3.04 bits per heavy atom. The summed E-state index contributed by atoms with van der Waals surface area (Å²) in [4.78, 5) is 3.95.